The lowest BCUT2D eigenvalue weighted by Gasteiger charge is -1.68. The fraction of sp³-hybridized carbons (Fsp3) is 1.00. The average molecular weight is 184 g/mol. The standard InChI is InChI=1S/C4H10.C2H6.6CH4/c1-3-4-2;1-2;;;;;;/h3-4H2,1-2H3;1-2H3;6*1H4. The van der Waals surface area contributed by atoms with E-state index in [-0.39, 0.29) is 44.6 Å². The highest BCUT2D eigenvalue weighted by Crippen LogP contribution is 1.76. The molecule has 0 atom stereocenters. The summed E-state index contributed by atoms with van der Waals surface area (Å²) in [7, 11) is 0. The van der Waals surface area contributed by atoms with Crippen molar-refractivity contribution in [2.24, 2.45) is 0 Å². The molecule has 0 radical (unpaired) electrons. The predicted molar refractivity (Wildman–Crippen MR) is 72.3 cm³/mol. The topological polar surface area (TPSA) is 0 Å². The molecule has 0 aromatic heterocycles. The van der Waals surface area contributed by atoms with E-state index in [9.17, 15) is 0 Å². The van der Waals surface area contributed by atoms with Crippen molar-refractivity contribution in [2.75, 3.05) is 0 Å². The second kappa shape index (κ2) is 275. The van der Waals surface area contributed by atoms with Crippen LogP contribution in [0, 0.1) is 0 Å². The fourth-order valence-electron chi connectivity index (χ4n) is 0. The fourth-order valence-corrected chi connectivity index (χ4v) is 0. The van der Waals surface area contributed by atoms with Crippen LogP contribution in [-0.4, -0.2) is 0 Å². The molecular formula is C12H40. The molecule has 88 valence electrons. The molecule has 0 heteroatoms. The Labute approximate surface area is 85.8 Å². The van der Waals surface area contributed by atoms with E-state index in [0.29, 0.717) is 0 Å². The van der Waals surface area contributed by atoms with Crippen LogP contribution in [0.25, 0.3) is 0 Å². The van der Waals surface area contributed by atoms with Gasteiger partial charge in [-0.15, -0.1) is 0 Å². The van der Waals surface area contributed by atoms with Gasteiger partial charge in [0, 0.05) is 0 Å². The summed E-state index contributed by atoms with van der Waals surface area (Å²) < 4.78 is 0. The van der Waals surface area contributed by atoms with Crippen LogP contribution in [0.15, 0.2) is 0 Å². The predicted octanol–water partition coefficient (Wildman–Crippen LogP) is 6.65. The van der Waals surface area contributed by atoms with Gasteiger partial charge in [-0.2, -0.15) is 0 Å². The minimum Gasteiger partial charge on any atom is -0.0776 e. The first-order chi connectivity index (χ1) is 2.91. The zero-order valence-corrected chi connectivity index (χ0v) is 5.41. The highest BCUT2D eigenvalue weighted by molar-refractivity contribution is 4.12. The molecule has 0 aliphatic carbocycles. The zero-order valence-electron chi connectivity index (χ0n) is 5.41. The van der Waals surface area contributed by atoms with Crippen molar-refractivity contribution in [3.63, 3.8) is 0 Å². The lowest BCUT2D eigenvalue weighted by molar-refractivity contribution is 0.886. The Bertz CT molecular complexity index is 2.00. The van der Waals surface area contributed by atoms with E-state index < -0.39 is 0 Å². The van der Waals surface area contributed by atoms with E-state index in [4.69, 9.17) is 0 Å². The van der Waals surface area contributed by atoms with Crippen LogP contribution < -0.4 is 0 Å². The van der Waals surface area contributed by atoms with Crippen molar-refractivity contribution in [2.45, 2.75) is 85.1 Å². The molecule has 0 heterocycles. The Morgan fingerprint density at radius 1 is 0.500 bits per heavy atom. The second-order valence-corrected chi connectivity index (χ2v) is 1.000. The van der Waals surface area contributed by atoms with Gasteiger partial charge in [-0.3, -0.25) is 0 Å². The third-order valence-electron chi connectivity index (χ3n) is 0.500. The molecule has 0 aromatic carbocycles. The van der Waals surface area contributed by atoms with Crippen LogP contribution in [0.3, 0.4) is 0 Å². The van der Waals surface area contributed by atoms with Gasteiger partial charge in [-0.05, 0) is 0 Å². The third kappa shape index (κ3) is 810. The molecule has 0 aromatic rings. The maximum atomic E-state index is 2.18. The Morgan fingerprint density at radius 3 is 0.583 bits per heavy atom. The van der Waals surface area contributed by atoms with Crippen molar-refractivity contribution in [1.29, 1.82) is 0 Å². The Kier molecular flexibility index (Phi) is 2080. The largest absolute Gasteiger partial charge is 0.0776 e. The van der Waals surface area contributed by atoms with Crippen LogP contribution in [0.1, 0.15) is 85.1 Å². The van der Waals surface area contributed by atoms with Crippen molar-refractivity contribution < 1.29 is 0 Å². The van der Waals surface area contributed by atoms with E-state index in [1.165, 1.54) is 12.8 Å². The first kappa shape index (κ1) is 90.8. The van der Waals surface area contributed by atoms with Gasteiger partial charge in [-0.25, -0.2) is 0 Å². The maximum absolute atomic E-state index is 2.18. The van der Waals surface area contributed by atoms with Crippen LogP contribution >= 0.6 is 0 Å². The molecule has 0 spiro atoms. The van der Waals surface area contributed by atoms with Crippen molar-refractivity contribution in [3.8, 4) is 0 Å². The minimum atomic E-state index is 0. The van der Waals surface area contributed by atoms with Crippen molar-refractivity contribution >= 4 is 0 Å². The molecule has 0 unspecified atom stereocenters. The highest BCUT2D eigenvalue weighted by atomic mass is 13.6. The van der Waals surface area contributed by atoms with E-state index >= 15 is 0 Å². The summed E-state index contributed by atoms with van der Waals surface area (Å²) in [5.74, 6) is 0. The number of hydrogen-bond donors (Lipinski definition) is 0. The monoisotopic (exact) mass is 184 g/mol. The Hall–Kier alpha value is 0. The lowest BCUT2D eigenvalue weighted by atomic mass is 10.4. The summed E-state index contributed by atoms with van der Waals surface area (Å²) in [6.07, 6.45) is 2.64. The van der Waals surface area contributed by atoms with Crippen molar-refractivity contribution in [1.82, 2.24) is 0 Å². The number of hydrogen-bond acceptors (Lipinski definition) is 0. The summed E-state index contributed by atoms with van der Waals surface area (Å²) in [6, 6.07) is 0. The molecule has 0 bridgehead atoms. The van der Waals surface area contributed by atoms with Gasteiger partial charge in [0.1, 0.15) is 0 Å². The molecule has 0 saturated carbocycles. The average Bonchev–Trinajstić information content (AvgIpc) is 1.72. The number of rotatable bonds is 1. The second-order valence-electron chi connectivity index (χ2n) is 1.000. The SMILES string of the molecule is C.C.C.C.C.C.CC.CCCC. The van der Waals surface area contributed by atoms with Gasteiger partial charge in [0.2, 0.25) is 0 Å². The number of unbranched alkanes of at least 4 members (excludes halogenated alkanes) is 1. The van der Waals surface area contributed by atoms with Crippen LogP contribution in [-0.2, 0) is 0 Å². The molecule has 0 saturated heterocycles. The minimum absolute atomic E-state index is 0. The van der Waals surface area contributed by atoms with Gasteiger partial charge in [0.25, 0.3) is 0 Å². The summed E-state index contributed by atoms with van der Waals surface area (Å²) >= 11 is 0. The smallest absolute Gasteiger partial charge is 0.0564 e. The molecule has 0 aliphatic rings. The van der Waals surface area contributed by atoms with Crippen molar-refractivity contribution in [3.05, 3.63) is 0 Å². The summed E-state index contributed by atoms with van der Waals surface area (Å²) in [4.78, 5) is 0. The summed E-state index contributed by atoms with van der Waals surface area (Å²) in [6.45, 7) is 8.36. The third-order valence-corrected chi connectivity index (χ3v) is 0.500. The first-order valence-electron chi connectivity index (χ1n) is 2.91. The molecule has 0 fully saturated rings. The molecule has 0 nitrogen and oxygen atoms in total. The molecular weight excluding hydrogens is 144 g/mol. The maximum Gasteiger partial charge on any atom is -0.0564 e. The van der Waals surface area contributed by atoms with Gasteiger partial charge < -0.3 is 0 Å². The molecule has 0 rings (SSSR count). The highest BCUT2D eigenvalue weighted by Gasteiger charge is 1.56. The van der Waals surface area contributed by atoms with E-state index in [2.05, 4.69) is 13.8 Å². The Balaban J connectivity index is -0.00000000317. The van der Waals surface area contributed by atoms with Gasteiger partial charge in [-0.1, -0.05) is 85.1 Å². The lowest BCUT2D eigenvalue weighted by Crippen LogP contribution is -1.47. The Morgan fingerprint density at radius 2 is 0.583 bits per heavy atom. The molecule has 0 N–H and O–H groups in total. The summed E-state index contributed by atoms with van der Waals surface area (Å²) in [5.41, 5.74) is 0. The quantitative estimate of drug-likeness (QED) is 0.428. The van der Waals surface area contributed by atoms with Gasteiger partial charge >= 0.3 is 0 Å². The molecule has 12 heavy (non-hydrogen) atoms. The summed E-state index contributed by atoms with van der Waals surface area (Å²) in [5, 5.41) is 0. The zero-order chi connectivity index (χ0) is 5.41. The van der Waals surface area contributed by atoms with E-state index in [1.807, 2.05) is 13.8 Å². The van der Waals surface area contributed by atoms with Crippen LogP contribution in [0.5, 0.6) is 0 Å². The van der Waals surface area contributed by atoms with Crippen LogP contribution in [0.4, 0.5) is 0 Å². The van der Waals surface area contributed by atoms with Crippen LogP contribution in [0.2, 0.25) is 0 Å². The van der Waals surface area contributed by atoms with E-state index in [1.54, 1.807) is 0 Å². The first-order valence-corrected chi connectivity index (χ1v) is 2.91. The molecule has 0 amide bonds. The van der Waals surface area contributed by atoms with E-state index in [0.717, 1.165) is 0 Å². The van der Waals surface area contributed by atoms with Gasteiger partial charge in [0.15, 0.2) is 0 Å². The van der Waals surface area contributed by atoms with Gasteiger partial charge in [0.05, 0.1) is 0 Å². The molecule has 0 aliphatic heterocycles. The normalized spacial score (nSPS) is 3.00.